The van der Waals surface area contributed by atoms with Crippen molar-refractivity contribution in [2.45, 2.75) is 26.7 Å². The van der Waals surface area contributed by atoms with E-state index in [0.29, 0.717) is 11.3 Å². The molecule has 0 fully saturated rings. The first-order valence-electron chi connectivity index (χ1n) is 8.04. The Labute approximate surface area is 156 Å². The molecule has 2 heterocycles. The Balaban J connectivity index is 2.26. The number of aromatic nitrogens is 2. The number of nitrogens with zero attached hydrogens (tertiary/aromatic N) is 5. The second-order valence-electron chi connectivity index (χ2n) is 6.03. The molecule has 26 heavy (non-hydrogen) atoms. The molecule has 6 nitrogen and oxygen atoms in total. The lowest BCUT2D eigenvalue weighted by molar-refractivity contribution is 0.407. The van der Waals surface area contributed by atoms with E-state index in [1.165, 1.54) is 11.3 Å². The maximum absolute atomic E-state index is 9.83. The molecule has 0 amide bonds. The molecule has 1 aliphatic heterocycles. The monoisotopic (exact) mass is 363 g/mol. The summed E-state index contributed by atoms with van der Waals surface area (Å²) in [6, 6.07) is 9.79. The van der Waals surface area contributed by atoms with Crippen LogP contribution in [0, 0.1) is 35.5 Å². The first-order chi connectivity index (χ1) is 12.5. The molecule has 0 radical (unpaired) electrons. The highest BCUT2D eigenvalue weighted by Crippen LogP contribution is 2.47. The summed E-state index contributed by atoms with van der Waals surface area (Å²) in [5, 5.41) is 29.0. The van der Waals surface area contributed by atoms with Crippen molar-refractivity contribution in [3.63, 3.8) is 0 Å². The van der Waals surface area contributed by atoms with Crippen LogP contribution in [-0.2, 0) is 0 Å². The van der Waals surface area contributed by atoms with Gasteiger partial charge in [-0.3, -0.25) is 4.99 Å². The van der Waals surface area contributed by atoms with E-state index in [1.54, 1.807) is 19.2 Å². The van der Waals surface area contributed by atoms with E-state index in [9.17, 15) is 10.5 Å². The fourth-order valence-electron chi connectivity index (χ4n) is 3.26. The van der Waals surface area contributed by atoms with E-state index in [-0.39, 0.29) is 5.92 Å². The molecule has 0 saturated heterocycles. The average Bonchev–Trinajstić information content (AvgIpc) is 3.06. The number of ether oxygens (including phenoxy) is 1. The summed E-state index contributed by atoms with van der Waals surface area (Å²) in [5.41, 5.74) is 3.81. The Morgan fingerprint density at radius 3 is 2.50 bits per heavy atom. The van der Waals surface area contributed by atoms with Crippen molar-refractivity contribution in [3.05, 3.63) is 45.0 Å². The van der Waals surface area contributed by atoms with Gasteiger partial charge in [-0.25, -0.2) is 0 Å². The highest BCUT2D eigenvalue weighted by atomic mass is 32.1. The first-order valence-corrected chi connectivity index (χ1v) is 8.85. The van der Waals surface area contributed by atoms with Crippen molar-refractivity contribution in [2.75, 3.05) is 7.11 Å². The van der Waals surface area contributed by atoms with E-state index in [2.05, 4.69) is 27.3 Å². The normalized spacial score (nSPS) is 19.5. The number of rotatable bonds is 3. The van der Waals surface area contributed by atoms with Gasteiger partial charge in [-0.2, -0.15) is 10.5 Å². The predicted octanol–water partition coefficient (Wildman–Crippen LogP) is 3.86. The van der Waals surface area contributed by atoms with Gasteiger partial charge in [0.05, 0.1) is 30.7 Å². The van der Waals surface area contributed by atoms with Crippen LogP contribution in [0.2, 0.25) is 0 Å². The molecule has 0 saturated carbocycles. The number of benzene rings is 1. The Morgan fingerprint density at radius 1 is 1.15 bits per heavy atom. The van der Waals surface area contributed by atoms with Crippen LogP contribution in [0.4, 0.5) is 0 Å². The molecule has 7 heteroatoms. The highest BCUT2D eigenvalue weighted by molar-refractivity contribution is 7.12. The number of hydrogen-bond acceptors (Lipinski definition) is 7. The Hall–Kier alpha value is -3.03. The zero-order valence-corrected chi connectivity index (χ0v) is 15.8. The average molecular weight is 363 g/mol. The molecule has 1 aliphatic rings. The predicted molar refractivity (Wildman–Crippen MR) is 99.9 cm³/mol. The van der Waals surface area contributed by atoms with E-state index in [4.69, 9.17) is 4.74 Å². The third-order valence-electron chi connectivity index (χ3n) is 4.42. The maximum Gasteiger partial charge on any atom is 0.146 e. The molecule has 1 aromatic carbocycles. The number of nitriles is 2. The molecule has 2 aromatic rings. The summed E-state index contributed by atoms with van der Waals surface area (Å²) < 4.78 is 5.54. The molecule has 2 unspecified atom stereocenters. The first kappa shape index (κ1) is 17.8. The largest absolute Gasteiger partial charge is 0.496 e. The summed E-state index contributed by atoms with van der Waals surface area (Å²) in [7, 11) is 1.57. The molecule has 2 atom stereocenters. The minimum absolute atomic E-state index is 0.285. The molecular weight excluding hydrogens is 346 g/mol. The summed E-state index contributed by atoms with van der Waals surface area (Å²) in [6.45, 7) is 5.68. The molecule has 130 valence electrons. The smallest absolute Gasteiger partial charge is 0.146 e. The van der Waals surface area contributed by atoms with Crippen LogP contribution in [0.3, 0.4) is 0 Å². The van der Waals surface area contributed by atoms with Gasteiger partial charge in [0.25, 0.3) is 0 Å². The number of methoxy groups -OCH3 is 1. The highest BCUT2D eigenvalue weighted by Gasteiger charge is 2.37. The number of aliphatic imine (C=N–C) groups is 1. The van der Waals surface area contributed by atoms with Crippen molar-refractivity contribution >= 4 is 22.6 Å². The lowest BCUT2D eigenvalue weighted by Crippen LogP contribution is -2.25. The fourth-order valence-corrected chi connectivity index (χ4v) is 4.09. The van der Waals surface area contributed by atoms with Crippen molar-refractivity contribution < 1.29 is 4.74 Å². The SMILES string of the molecule is COc1cc(C#N)ccc1C1C(c2nnc(C)s2)=C(C)N=C(C)C1C#N. The molecule has 3 rings (SSSR count). The topological polar surface area (TPSA) is 94.9 Å². The third-order valence-corrected chi connectivity index (χ3v) is 5.29. The zero-order valence-electron chi connectivity index (χ0n) is 14.9. The summed E-state index contributed by atoms with van der Waals surface area (Å²) >= 11 is 1.48. The lowest BCUT2D eigenvalue weighted by Gasteiger charge is -2.30. The van der Waals surface area contributed by atoms with Crippen LogP contribution in [0.25, 0.3) is 5.57 Å². The van der Waals surface area contributed by atoms with Gasteiger partial charge in [0.1, 0.15) is 15.8 Å². The van der Waals surface area contributed by atoms with Gasteiger partial charge in [0.2, 0.25) is 0 Å². The summed E-state index contributed by atoms with van der Waals surface area (Å²) in [4.78, 5) is 4.59. The van der Waals surface area contributed by atoms with Crippen LogP contribution < -0.4 is 4.74 Å². The summed E-state index contributed by atoms with van der Waals surface area (Å²) in [5.74, 6) is -0.150. The van der Waals surface area contributed by atoms with Crippen LogP contribution >= 0.6 is 11.3 Å². The van der Waals surface area contributed by atoms with Gasteiger partial charge in [0, 0.05) is 28.5 Å². The van der Waals surface area contributed by atoms with E-state index < -0.39 is 5.92 Å². The molecule has 0 bridgehead atoms. The molecule has 0 aliphatic carbocycles. The van der Waals surface area contributed by atoms with Gasteiger partial charge < -0.3 is 4.74 Å². The molecule has 0 N–H and O–H groups in total. The Bertz CT molecular complexity index is 1010. The lowest BCUT2D eigenvalue weighted by atomic mass is 9.76. The van der Waals surface area contributed by atoms with Crippen molar-refractivity contribution in [3.8, 4) is 17.9 Å². The van der Waals surface area contributed by atoms with E-state index >= 15 is 0 Å². The van der Waals surface area contributed by atoms with Gasteiger partial charge in [0.15, 0.2) is 0 Å². The van der Waals surface area contributed by atoms with Crippen molar-refractivity contribution in [2.24, 2.45) is 10.9 Å². The van der Waals surface area contributed by atoms with E-state index in [0.717, 1.165) is 32.6 Å². The van der Waals surface area contributed by atoms with Crippen molar-refractivity contribution in [1.29, 1.82) is 10.5 Å². The summed E-state index contributed by atoms with van der Waals surface area (Å²) in [6.07, 6.45) is 0. The molecule has 1 aromatic heterocycles. The standard InChI is InChI=1S/C19H17N5OS/c1-10-15(9-21)18(14-6-5-13(8-20)7-16(14)25-4)17(11(2)22-10)19-24-23-12(3)26-19/h5-7,15,18H,1-4H3. The Kier molecular flexibility index (Phi) is 4.83. The molecular formula is C19H17N5OS. The van der Waals surface area contributed by atoms with Crippen LogP contribution in [-0.4, -0.2) is 23.0 Å². The quantitative estimate of drug-likeness (QED) is 0.825. The fraction of sp³-hybridized carbons (Fsp3) is 0.316. The third kappa shape index (κ3) is 2.98. The second kappa shape index (κ2) is 7.07. The number of hydrogen-bond donors (Lipinski definition) is 0. The maximum atomic E-state index is 9.83. The Morgan fingerprint density at radius 2 is 1.92 bits per heavy atom. The number of aryl methyl sites for hydroxylation is 1. The van der Waals surface area contributed by atoms with Crippen LogP contribution in [0.1, 0.15) is 40.9 Å². The van der Waals surface area contributed by atoms with Gasteiger partial charge in [-0.15, -0.1) is 10.2 Å². The van der Waals surface area contributed by atoms with Crippen molar-refractivity contribution in [1.82, 2.24) is 10.2 Å². The van der Waals surface area contributed by atoms with Gasteiger partial charge in [-0.05, 0) is 32.9 Å². The number of allylic oxidation sites excluding steroid dienone is 2. The minimum atomic E-state index is -0.445. The second-order valence-corrected chi connectivity index (χ2v) is 7.21. The van der Waals surface area contributed by atoms with E-state index in [1.807, 2.05) is 26.8 Å². The minimum Gasteiger partial charge on any atom is -0.496 e. The van der Waals surface area contributed by atoms with Gasteiger partial charge >= 0.3 is 0 Å². The van der Waals surface area contributed by atoms with Gasteiger partial charge in [-0.1, -0.05) is 17.4 Å². The molecule has 0 spiro atoms. The zero-order chi connectivity index (χ0) is 18.8. The van der Waals surface area contributed by atoms with Crippen LogP contribution in [0.15, 0.2) is 28.9 Å². The van der Waals surface area contributed by atoms with Crippen LogP contribution in [0.5, 0.6) is 5.75 Å².